The summed E-state index contributed by atoms with van der Waals surface area (Å²) in [5.41, 5.74) is 0.691. The predicted octanol–water partition coefficient (Wildman–Crippen LogP) is 3.32. The summed E-state index contributed by atoms with van der Waals surface area (Å²) in [6.07, 6.45) is 0.605. The predicted molar refractivity (Wildman–Crippen MR) is 76.2 cm³/mol. The van der Waals surface area contributed by atoms with E-state index in [0.29, 0.717) is 35.1 Å². The summed E-state index contributed by atoms with van der Waals surface area (Å²) >= 11 is 5.94. The topological polar surface area (TPSA) is 52.3 Å². The Kier molecular flexibility index (Phi) is 3.05. The van der Waals surface area contributed by atoms with Gasteiger partial charge >= 0.3 is 5.63 Å². The highest BCUT2D eigenvalue weighted by atomic mass is 35.5. The summed E-state index contributed by atoms with van der Waals surface area (Å²) in [7, 11) is 0. The van der Waals surface area contributed by atoms with Crippen molar-refractivity contribution in [3.05, 3.63) is 45.3 Å². The number of fused-ring (bicyclic) bond motifs is 1. The molecule has 20 heavy (non-hydrogen) atoms. The summed E-state index contributed by atoms with van der Waals surface area (Å²) in [5.74, 6) is 0.603. The minimum atomic E-state index is -0.391. The van der Waals surface area contributed by atoms with Gasteiger partial charge in [-0.15, -0.1) is 0 Å². The molecule has 2 aromatic rings. The molecule has 0 unspecified atom stereocenters. The highest BCUT2D eigenvalue weighted by molar-refractivity contribution is 6.30. The molecule has 0 saturated heterocycles. The van der Waals surface area contributed by atoms with E-state index in [4.69, 9.17) is 20.8 Å². The van der Waals surface area contributed by atoms with Gasteiger partial charge in [0.1, 0.15) is 5.56 Å². The molecule has 104 valence electrons. The molecule has 1 aromatic carbocycles. The first-order valence-electron chi connectivity index (χ1n) is 6.37. The fourth-order valence-electron chi connectivity index (χ4n) is 2.22. The zero-order chi connectivity index (χ0) is 14.3. The van der Waals surface area contributed by atoms with E-state index in [0.717, 1.165) is 0 Å². The van der Waals surface area contributed by atoms with Crippen LogP contribution in [0.1, 0.15) is 19.4 Å². The van der Waals surface area contributed by atoms with Crippen molar-refractivity contribution in [1.29, 1.82) is 0 Å². The van der Waals surface area contributed by atoms with Crippen LogP contribution in [0.4, 0.5) is 0 Å². The number of rotatable bonds is 1. The third-order valence-electron chi connectivity index (χ3n) is 3.22. The maximum absolute atomic E-state index is 12.1. The van der Waals surface area contributed by atoms with Gasteiger partial charge < -0.3 is 9.15 Å². The number of hydrogen-bond acceptors (Lipinski definition) is 4. The van der Waals surface area contributed by atoms with Crippen LogP contribution in [0.25, 0.3) is 11.5 Å². The molecule has 0 radical (unpaired) electrons. The molecule has 0 aliphatic carbocycles. The van der Waals surface area contributed by atoms with E-state index in [1.165, 1.54) is 0 Å². The van der Waals surface area contributed by atoms with E-state index in [2.05, 4.69) is 4.98 Å². The molecule has 5 heteroatoms. The fraction of sp³-hybridized carbons (Fsp3) is 0.333. The first kappa shape index (κ1) is 13.2. The Morgan fingerprint density at radius 3 is 2.90 bits per heavy atom. The normalized spacial score (nSPS) is 16.4. The molecule has 1 aliphatic heterocycles. The third kappa shape index (κ3) is 2.43. The van der Waals surface area contributed by atoms with Crippen molar-refractivity contribution >= 4 is 11.6 Å². The number of hydrogen-bond donors (Lipinski definition) is 0. The van der Waals surface area contributed by atoms with Crippen molar-refractivity contribution in [3.63, 3.8) is 0 Å². The van der Waals surface area contributed by atoms with Crippen LogP contribution >= 0.6 is 11.6 Å². The monoisotopic (exact) mass is 291 g/mol. The summed E-state index contributed by atoms with van der Waals surface area (Å²) in [5, 5.41) is 0.562. The Balaban J connectivity index is 2.09. The van der Waals surface area contributed by atoms with Gasteiger partial charge in [0.05, 0.1) is 6.61 Å². The Labute approximate surface area is 121 Å². The molecule has 0 bridgehead atoms. The average molecular weight is 292 g/mol. The van der Waals surface area contributed by atoms with Crippen molar-refractivity contribution in [3.8, 4) is 17.3 Å². The van der Waals surface area contributed by atoms with Gasteiger partial charge in [0.25, 0.3) is 0 Å². The molecule has 0 atom stereocenters. The first-order chi connectivity index (χ1) is 9.44. The third-order valence-corrected chi connectivity index (χ3v) is 3.46. The van der Waals surface area contributed by atoms with E-state index >= 15 is 0 Å². The van der Waals surface area contributed by atoms with Crippen molar-refractivity contribution < 1.29 is 9.15 Å². The van der Waals surface area contributed by atoms with Crippen LogP contribution in [-0.4, -0.2) is 11.6 Å². The molecule has 3 rings (SSSR count). The van der Waals surface area contributed by atoms with E-state index in [9.17, 15) is 4.79 Å². The van der Waals surface area contributed by atoms with Crippen LogP contribution in [0.2, 0.25) is 5.02 Å². The fourth-order valence-corrected chi connectivity index (χ4v) is 2.42. The summed E-state index contributed by atoms with van der Waals surface area (Å²) in [6.45, 7) is 4.62. The van der Waals surface area contributed by atoms with Crippen molar-refractivity contribution in [2.75, 3.05) is 6.61 Å². The lowest BCUT2D eigenvalue weighted by Gasteiger charge is -2.29. The van der Waals surface area contributed by atoms with Gasteiger partial charge in [-0.25, -0.2) is 4.79 Å². The van der Waals surface area contributed by atoms with Crippen LogP contribution in [0, 0.1) is 5.41 Å². The molecule has 1 aromatic heterocycles. The van der Waals surface area contributed by atoms with Crippen LogP contribution in [0.3, 0.4) is 0 Å². The quantitative estimate of drug-likeness (QED) is 0.809. The molecular weight excluding hydrogens is 278 g/mol. The van der Waals surface area contributed by atoms with Crippen LogP contribution in [0.15, 0.2) is 33.5 Å². The van der Waals surface area contributed by atoms with Gasteiger partial charge in [0.15, 0.2) is 0 Å². The number of benzene rings is 1. The van der Waals surface area contributed by atoms with Gasteiger partial charge in [0, 0.05) is 16.0 Å². The Morgan fingerprint density at radius 2 is 2.15 bits per heavy atom. The lowest BCUT2D eigenvalue weighted by atomic mass is 9.86. The van der Waals surface area contributed by atoms with Gasteiger partial charge in [-0.3, -0.25) is 0 Å². The van der Waals surface area contributed by atoms with Crippen LogP contribution < -0.4 is 10.4 Å². The van der Waals surface area contributed by atoms with E-state index in [-0.39, 0.29) is 11.3 Å². The van der Waals surface area contributed by atoms with Gasteiger partial charge in [-0.05, 0) is 24.6 Å². The van der Waals surface area contributed by atoms with E-state index in [1.54, 1.807) is 24.3 Å². The molecule has 0 saturated carbocycles. The second-order valence-electron chi connectivity index (χ2n) is 5.73. The zero-order valence-electron chi connectivity index (χ0n) is 11.3. The Morgan fingerprint density at radius 1 is 1.35 bits per heavy atom. The number of nitrogens with zero attached hydrogens (tertiary/aromatic N) is 1. The van der Waals surface area contributed by atoms with Crippen molar-refractivity contribution in [2.45, 2.75) is 20.3 Å². The standard InChI is InChI=1S/C15H14ClNO3/c1-15(2)7-11-13(19-8-15)17-12(20-14(11)18)9-4-3-5-10(16)6-9/h3-6H,7-8H2,1-2H3. The maximum Gasteiger partial charge on any atom is 0.346 e. The van der Waals surface area contributed by atoms with Crippen molar-refractivity contribution in [1.82, 2.24) is 4.98 Å². The minimum absolute atomic E-state index is 0.0824. The zero-order valence-corrected chi connectivity index (χ0v) is 12.0. The smallest absolute Gasteiger partial charge is 0.346 e. The van der Waals surface area contributed by atoms with Crippen molar-refractivity contribution in [2.24, 2.45) is 5.41 Å². The van der Waals surface area contributed by atoms with Crippen LogP contribution in [0.5, 0.6) is 5.88 Å². The number of aromatic nitrogens is 1. The largest absolute Gasteiger partial charge is 0.477 e. The summed E-state index contributed by atoms with van der Waals surface area (Å²) in [6, 6.07) is 7.02. The average Bonchev–Trinajstić information content (AvgIpc) is 2.39. The highest BCUT2D eigenvalue weighted by Crippen LogP contribution is 2.32. The Hall–Kier alpha value is -1.81. The molecule has 0 fully saturated rings. The summed E-state index contributed by atoms with van der Waals surface area (Å²) < 4.78 is 10.9. The SMILES string of the molecule is CC1(C)COc2nc(-c3cccc(Cl)c3)oc(=O)c2C1. The molecule has 2 heterocycles. The van der Waals surface area contributed by atoms with Gasteiger partial charge in [-0.1, -0.05) is 31.5 Å². The second kappa shape index (κ2) is 4.63. The van der Waals surface area contributed by atoms with E-state index in [1.807, 2.05) is 13.8 Å². The molecular formula is C15H14ClNO3. The minimum Gasteiger partial charge on any atom is -0.477 e. The lowest BCUT2D eigenvalue weighted by molar-refractivity contribution is 0.143. The van der Waals surface area contributed by atoms with Crippen LogP contribution in [-0.2, 0) is 6.42 Å². The number of halogens is 1. The second-order valence-corrected chi connectivity index (χ2v) is 6.17. The lowest BCUT2D eigenvalue weighted by Crippen LogP contribution is -2.32. The maximum atomic E-state index is 12.1. The summed E-state index contributed by atoms with van der Waals surface area (Å²) in [4.78, 5) is 16.4. The molecule has 4 nitrogen and oxygen atoms in total. The number of ether oxygens (including phenoxy) is 1. The molecule has 0 spiro atoms. The molecule has 1 aliphatic rings. The highest BCUT2D eigenvalue weighted by Gasteiger charge is 2.31. The molecule has 0 N–H and O–H groups in total. The first-order valence-corrected chi connectivity index (χ1v) is 6.75. The Bertz CT molecular complexity index is 721. The van der Waals surface area contributed by atoms with Gasteiger partial charge in [0.2, 0.25) is 11.8 Å². The van der Waals surface area contributed by atoms with Gasteiger partial charge in [-0.2, -0.15) is 4.98 Å². The molecule has 0 amide bonds. The van der Waals surface area contributed by atoms with E-state index < -0.39 is 5.63 Å².